The number of carbonyl (C=O) groups excluding carboxylic acids is 1. The number of aliphatic carboxylic acids is 1. The average molecular weight is 798 g/mol. The maximum absolute atomic E-state index is 11.3. The SMILES string of the molecule is CCCCCCCCCCCCCCCCCCCCCCCCN(CCCCCCCCCCCCCCCCCCCCCCCC)C(C)CC(=O)[O-].[Na+]. The monoisotopic (exact) mass is 798 g/mol. The number of carboxylic acids is 1. The number of unbranched alkanes of at least 4 members (excludes halogenated alkanes) is 42. The fraction of sp³-hybridized carbons (Fsp3) is 0.981. The van der Waals surface area contributed by atoms with Gasteiger partial charge in [-0.2, -0.15) is 0 Å². The van der Waals surface area contributed by atoms with E-state index in [-0.39, 0.29) is 42.0 Å². The molecule has 0 saturated carbocycles. The van der Waals surface area contributed by atoms with E-state index in [2.05, 4.69) is 25.7 Å². The number of carboxylic acid groups (broad SMARTS) is 1. The molecule has 0 heterocycles. The zero-order valence-electron chi connectivity index (χ0n) is 39.6. The van der Waals surface area contributed by atoms with E-state index in [1.807, 2.05) is 0 Å². The van der Waals surface area contributed by atoms with Crippen LogP contribution in [0, 0.1) is 0 Å². The molecular formula is C52H104NNaO2. The van der Waals surface area contributed by atoms with Gasteiger partial charge in [0.05, 0.1) is 0 Å². The molecule has 0 aromatic rings. The third kappa shape index (κ3) is 48.8. The first kappa shape index (κ1) is 58.5. The molecule has 0 aliphatic rings. The van der Waals surface area contributed by atoms with Crippen LogP contribution in [-0.2, 0) is 4.79 Å². The van der Waals surface area contributed by atoms with E-state index in [1.165, 1.54) is 283 Å². The van der Waals surface area contributed by atoms with Crippen LogP contribution < -0.4 is 34.7 Å². The summed E-state index contributed by atoms with van der Waals surface area (Å²) in [4.78, 5) is 13.8. The van der Waals surface area contributed by atoms with Gasteiger partial charge in [-0.25, -0.2) is 0 Å². The molecule has 0 rings (SSSR count). The number of hydrogen-bond acceptors (Lipinski definition) is 3. The van der Waals surface area contributed by atoms with E-state index >= 15 is 0 Å². The Hall–Kier alpha value is 0.430. The smallest absolute Gasteiger partial charge is 0.550 e. The largest absolute Gasteiger partial charge is 1.00 e. The van der Waals surface area contributed by atoms with Crippen molar-refractivity contribution >= 4 is 5.97 Å². The summed E-state index contributed by atoms with van der Waals surface area (Å²) in [5, 5.41) is 11.3. The summed E-state index contributed by atoms with van der Waals surface area (Å²) in [6, 6.07) is 0.0924. The second-order valence-corrected chi connectivity index (χ2v) is 18.3. The summed E-state index contributed by atoms with van der Waals surface area (Å²) in [7, 11) is 0. The van der Waals surface area contributed by atoms with Crippen molar-refractivity contribution in [3.63, 3.8) is 0 Å². The summed E-state index contributed by atoms with van der Waals surface area (Å²) in [6.45, 7) is 8.79. The number of rotatable bonds is 49. The molecule has 0 saturated heterocycles. The topological polar surface area (TPSA) is 43.4 Å². The second-order valence-electron chi connectivity index (χ2n) is 18.3. The summed E-state index contributed by atoms with van der Waals surface area (Å²) in [6.07, 6.45) is 62.4. The zero-order chi connectivity index (χ0) is 40.0. The molecule has 0 aliphatic heterocycles. The fourth-order valence-corrected chi connectivity index (χ4v) is 8.77. The van der Waals surface area contributed by atoms with E-state index in [4.69, 9.17) is 0 Å². The molecule has 0 bridgehead atoms. The molecule has 1 unspecified atom stereocenters. The van der Waals surface area contributed by atoms with Crippen molar-refractivity contribution in [2.45, 2.75) is 316 Å². The van der Waals surface area contributed by atoms with Crippen molar-refractivity contribution in [2.75, 3.05) is 13.1 Å². The van der Waals surface area contributed by atoms with E-state index < -0.39 is 5.97 Å². The van der Waals surface area contributed by atoms with Crippen molar-refractivity contribution in [2.24, 2.45) is 0 Å². The first-order chi connectivity index (χ1) is 27.1. The van der Waals surface area contributed by atoms with Crippen LogP contribution in [0.25, 0.3) is 0 Å². The van der Waals surface area contributed by atoms with Gasteiger partial charge in [-0.15, -0.1) is 0 Å². The Morgan fingerprint density at radius 2 is 0.500 bits per heavy atom. The molecule has 0 radical (unpaired) electrons. The van der Waals surface area contributed by atoms with Crippen LogP contribution in [0.5, 0.6) is 0 Å². The van der Waals surface area contributed by atoms with Crippen molar-refractivity contribution in [1.82, 2.24) is 4.90 Å². The van der Waals surface area contributed by atoms with Gasteiger partial charge in [0.25, 0.3) is 0 Å². The third-order valence-electron chi connectivity index (χ3n) is 12.7. The maximum Gasteiger partial charge on any atom is 1.00 e. The van der Waals surface area contributed by atoms with E-state index in [1.54, 1.807) is 0 Å². The molecule has 0 aliphatic carbocycles. The minimum absolute atomic E-state index is 0. The molecule has 0 fully saturated rings. The van der Waals surface area contributed by atoms with Gasteiger partial charge in [-0.3, -0.25) is 0 Å². The standard InChI is InChI=1S/C52H105NO2.Na/c1-4-6-8-10-12-14-16-18-20-22-24-26-28-30-32-34-36-38-40-42-44-46-48-53(51(3)50-52(54)55)49-47-45-43-41-39-37-35-33-31-29-27-25-23-21-19-17-15-13-11-9-7-5-2;/h51H,4-50H2,1-3H3,(H,54,55);/q;+1/p-1. The predicted octanol–water partition coefficient (Wildman–Crippen LogP) is 14.0. The Balaban J connectivity index is 0. The zero-order valence-corrected chi connectivity index (χ0v) is 41.6. The number of carbonyl (C=O) groups is 1. The molecule has 56 heavy (non-hydrogen) atoms. The van der Waals surface area contributed by atoms with Gasteiger partial charge in [0.1, 0.15) is 0 Å². The normalized spacial score (nSPS) is 12.1. The molecule has 4 heteroatoms. The first-order valence-electron chi connectivity index (χ1n) is 26.1. The molecule has 330 valence electrons. The molecule has 1 atom stereocenters. The van der Waals surface area contributed by atoms with Gasteiger partial charge < -0.3 is 14.8 Å². The van der Waals surface area contributed by atoms with Gasteiger partial charge in [-0.05, 0) is 32.9 Å². The van der Waals surface area contributed by atoms with Crippen LogP contribution in [0.3, 0.4) is 0 Å². The molecule has 0 spiro atoms. The Morgan fingerprint density at radius 3 is 0.661 bits per heavy atom. The Labute approximate surface area is 376 Å². The third-order valence-corrected chi connectivity index (χ3v) is 12.7. The predicted molar refractivity (Wildman–Crippen MR) is 245 cm³/mol. The number of nitrogens with zero attached hydrogens (tertiary/aromatic N) is 1. The van der Waals surface area contributed by atoms with Crippen molar-refractivity contribution in [3.8, 4) is 0 Å². The average Bonchev–Trinajstić information content (AvgIpc) is 3.17. The molecule has 0 amide bonds. The van der Waals surface area contributed by atoms with Gasteiger partial charge in [-0.1, -0.05) is 284 Å². The summed E-state index contributed by atoms with van der Waals surface area (Å²) in [5.74, 6) is -0.902. The fourth-order valence-electron chi connectivity index (χ4n) is 8.77. The van der Waals surface area contributed by atoms with Gasteiger partial charge >= 0.3 is 29.6 Å². The van der Waals surface area contributed by atoms with Crippen LogP contribution in [-0.4, -0.2) is 30.0 Å². The van der Waals surface area contributed by atoms with Crippen LogP contribution in [0.2, 0.25) is 0 Å². The first-order valence-corrected chi connectivity index (χ1v) is 26.1. The number of hydrogen-bond donors (Lipinski definition) is 0. The molecule has 3 nitrogen and oxygen atoms in total. The van der Waals surface area contributed by atoms with Gasteiger partial charge in [0.2, 0.25) is 0 Å². The molecule has 0 aromatic heterocycles. The van der Waals surface area contributed by atoms with E-state index in [9.17, 15) is 9.90 Å². The van der Waals surface area contributed by atoms with Gasteiger partial charge in [0.15, 0.2) is 0 Å². The molecular weight excluding hydrogens is 694 g/mol. The minimum atomic E-state index is -0.902. The van der Waals surface area contributed by atoms with Crippen LogP contribution >= 0.6 is 0 Å². The maximum atomic E-state index is 11.3. The Kier molecular flexibility index (Phi) is 53.9. The Bertz CT molecular complexity index is 669. The summed E-state index contributed by atoms with van der Waals surface area (Å²) >= 11 is 0. The van der Waals surface area contributed by atoms with Crippen molar-refractivity contribution < 1.29 is 39.5 Å². The van der Waals surface area contributed by atoms with Crippen LogP contribution in [0.4, 0.5) is 0 Å². The van der Waals surface area contributed by atoms with Crippen LogP contribution in [0.1, 0.15) is 310 Å². The van der Waals surface area contributed by atoms with E-state index in [0.717, 1.165) is 13.1 Å². The summed E-state index contributed by atoms with van der Waals surface area (Å²) < 4.78 is 0. The molecule has 0 N–H and O–H groups in total. The van der Waals surface area contributed by atoms with Gasteiger partial charge in [0, 0.05) is 18.4 Å². The Morgan fingerprint density at radius 1 is 0.339 bits per heavy atom. The second kappa shape index (κ2) is 51.6. The molecule has 0 aromatic carbocycles. The quantitative estimate of drug-likeness (QED) is 0.0455. The van der Waals surface area contributed by atoms with Crippen molar-refractivity contribution in [3.05, 3.63) is 0 Å². The van der Waals surface area contributed by atoms with Crippen LogP contribution in [0.15, 0.2) is 0 Å². The summed E-state index contributed by atoms with van der Waals surface area (Å²) in [5.41, 5.74) is 0. The van der Waals surface area contributed by atoms with E-state index in [0.29, 0.717) is 0 Å². The minimum Gasteiger partial charge on any atom is -0.550 e. The van der Waals surface area contributed by atoms with Crippen molar-refractivity contribution in [1.29, 1.82) is 0 Å².